The topological polar surface area (TPSA) is 62.4 Å². The molecule has 0 radical (unpaired) electrons. The van der Waals surface area contributed by atoms with Gasteiger partial charge in [-0.05, 0) is 78.9 Å². The molecule has 6 nitrogen and oxygen atoms in total. The Kier molecular flexibility index (Phi) is 5.57. The van der Waals surface area contributed by atoms with Crippen LogP contribution in [0.25, 0.3) is 143 Å². The first-order valence-electron chi connectivity index (χ1n) is 20.2. The highest BCUT2D eigenvalue weighted by Gasteiger charge is 2.26. The molecule has 15 aromatic rings. The summed E-state index contributed by atoms with van der Waals surface area (Å²) < 4.78 is 31.8. The van der Waals surface area contributed by atoms with Gasteiger partial charge >= 0.3 is 0 Å². The number of aromatic nitrogens is 2. The maximum Gasteiger partial charge on any atom is 0.163 e. The van der Waals surface area contributed by atoms with Crippen LogP contribution in [0.5, 0.6) is 0 Å². The fourth-order valence-corrected chi connectivity index (χ4v) is 10.4. The molecule has 0 aliphatic heterocycles. The molecule has 6 heteroatoms. The van der Waals surface area contributed by atoms with Crippen molar-refractivity contribution in [3.63, 3.8) is 0 Å². The number of furan rings is 4. The van der Waals surface area contributed by atoms with Crippen molar-refractivity contribution in [1.82, 2.24) is 9.13 Å². The van der Waals surface area contributed by atoms with Gasteiger partial charge in [0.2, 0.25) is 0 Å². The van der Waals surface area contributed by atoms with Crippen LogP contribution in [0.2, 0.25) is 0 Å². The predicted octanol–water partition coefficient (Wildman–Crippen LogP) is 15.5. The van der Waals surface area contributed by atoms with Crippen LogP contribution in [-0.4, -0.2) is 9.13 Å². The number of nitrogens with zero attached hydrogens (tertiary/aromatic N) is 2. The van der Waals surface area contributed by atoms with Crippen molar-refractivity contribution in [3.8, 4) is 11.4 Å². The summed E-state index contributed by atoms with van der Waals surface area (Å²) in [6.45, 7) is 0. The van der Waals surface area contributed by atoms with E-state index in [0.29, 0.717) is 0 Å². The molecule has 15 rings (SSSR count). The molecule has 0 N–H and O–H groups in total. The molecule has 0 atom stereocenters. The van der Waals surface area contributed by atoms with Crippen molar-refractivity contribution < 1.29 is 17.7 Å². The van der Waals surface area contributed by atoms with E-state index in [2.05, 4.69) is 143 Å². The Bertz CT molecular complexity index is 4370. The van der Waals surface area contributed by atoms with Gasteiger partial charge in [-0.15, -0.1) is 0 Å². The lowest BCUT2D eigenvalue weighted by atomic mass is 10.1. The minimum Gasteiger partial charge on any atom is -0.455 e. The highest BCUT2D eigenvalue weighted by molar-refractivity contribution is 6.28. The molecule has 278 valence electrons. The Morgan fingerprint density at radius 3 is 1.32 bits per heavy atom. The lowest BCUT2D eigenvalue weighted by Gasteiger charge is -2.10. The van der Waals surface area contributed by atoms with E-state index < -0.39 is 0 Å². The lowest BCUT2D eigenvalue weighted by Crippen LogP contribution is -1.95. The predicted molar refractivity (Wildman–Crippen MR) is 244 cm³/mol. The van der Waals surface area contributed by atoms with Crippen molar-refractivity contribution in [2.45, 2.75) is 0 Å². The largest absolute Gasteiger partial charge is 0.455 e. The van der Waals surface area contributed by atoms with Crippen molar-refractivity contribution in [2.75, 3.05) is 0 Å². The molecule has 0 aliphatic carbocycles. The Hall–Kier alpha value is -8.22. The number of rotatable bonds is 2. The van der Waals surface area contributed by atoms with E-state index >= 15 is 0 Å². The first kappa shape index (κ1) is 30.9. The number of hydrogen-bond donors (Lipinski definition) is 0. The second kappa shape index (κ2) is 10.8. The summed E-state index contributed by atoms with van der Waals surface area (Å²) in [6.07, 6.45) is 0. The SMILES string of the molecule is c1ccc2c(c1)oc1c2cc(-n2c3ccccc3c3c4oc5ccccc5c4ccc32)c2oc3ccc(-n4c5ccccc5c5c6oc7ccccc7c6ccc54)cc3c21. The smallest absolute Gasteiger partial charge is 0.163 e. The van der Waals surface area contributed by atoms with E-state index in [4.69, 9.17) is 17.7 Å². The fourth-order valence-electron chi connectivity index (χ4n) is 10.4. The van der Waals surface area contributed by atoms with Crippen molar-refractivity contribution >= 4 is 131 Å². The van der Waals surface area contributed by atoms with Crippen LogP contribution in [0.15, 0.2) is 188 Å². The van der Waals surface area contributed by atoms with Gasteiger partial charge in [0.1, 0.15) is 39.1 Å². The Balaban J connectivity index is 1.07. The minimum atomic E-state index is 0.757. The van der Waals surface area contributed by atoms with Crippen LogP contribution >= 0.6 is 0 Å². The molecule has 0 unspecified atom stereocenters. The maximum absolute atomic E-state index is 7.05. The van der Waals surface area contributed by atoms with Gasteiger partial charge in [-0.2, -0.15) is 0 Å². The van der Waals surface area contributed by atoms with Gasteiger partial charge in [-0.3, -0.25) is 0 Å². The molecule has 0 fully saturated rings. The van der Waals surface area contributed by atoms with Crippen LogP contribution in [0.1, 0.15) is 0 Å². The standard InChI is InChI=1S/C54H28N2O4/c1-6-16-39-35(14-1)48-41(24-22-33-30-11-3-8-18-44(30)57-51(33)48)55(39)29-21-26-47-38(27-29)50-53-37(32-13-5-10-20-46(32)59-53)28-43(54(50)60-47)56-40-17-7-2-15-36(40)49-42(56)25-23-34-31-12-4-9-19-45(31)58-52(34)49/h1-28H. The summed E-state index contributed by atoms with van der Waals surface area (Å²) in [4.78, 5) is 0. The molecule has 6 heterocycles. The Morgan fingerprint density at radius 2 is 0.717 bits per heavy atom. The van der Waals surface area contributed by atoms with Gasteiger partial charge < -0.3 is 26.8 Å². The Morgan fingerprint density at radius 1 is 0.267 bits per heavy atom. The third-order valence-corrected chi connectivity index (χ3v) is 12.9. The molecule has 9 aromatic carbocycles. The van der Waals surface area contributed by atoms with E-state index in [9.17, 15) is 0 Å². The highest BCUT2D eigenvalue weighted by atomic mass is 16.3. The van der Waals surface area contributed by atoms with Crippen LogP contribution in [0.3, 0.4) is 0 Å². The van der Waals surface area contributed by atoms with Crippen LogP contribution in [0, 0.1) is 0 Å². The minimum absolute atomic E-state index is 0.757. The van der Waals surface area contributed by atoms with E-state index in [-0.39, 0.29) is 0 Å². The van der Waals surface area contributed by atoms with Gasteiger partial charge in [0.15, 0.2) is 5.58 Å². The molecular formula is C54H28N2O4. The maximum atomic E-state index is 7.05. The quantitative estimate of drug-likeness (QED) is 0.176. The fraction of sp³-hybridized carbons (Fsp3) is 0. The molecule has 0 amide bonds. The van der Waals surface area contributed by atoms with Crippen LogP contribution in [0.4, 0.5) is 0 Å². The molecule has 0 aliphatic rings. The van der Waals surface area contributed by atoms with Gasteiger partial charge in [0.05, 0.1) is 43.9 Å². The van der Waals surface area contributed by atoms with E-state index in [1.54, 1.807) is 0 Å². The number of benzene rings is 9. The highest BCUT2D eigenvalue weighted by Crippen LogP contribution is 2.47. The Labute approximate surface area is 338 Å². The van der Waals surface area contributed by atoms with E-state index in [1.807, 2.05) is 36.4 Å². The summed E-state index contributed by atoms with van der Waals surface area (Å²) in [5.41, 5.74) is 13.0. The monoisotopic (exact) mass is 768 g/mol. The van der Waals surface area contributed by atoms with Crippen molar-refractivity contribution in [1.29, 1.82) is 0 Å². The second-order valence-electron chi connectivity index (χ2n) is 15.9. The zero-order valence-electron chi connectivity index (χ0n) is 31.7. The molecule has 0 spiro atoms. The lowest BCUT2D eigenvalue weighted by molar-refractivity contribution is 0.660. The number of hydrogen-bond acceptors (Lipinski definition) is 4. The van der Waals surface area contributed by atoms with Crippen molar-refractivity contribution in [3.05, 3.63) is 170 Å². The van der Waals surface area contributed by atoms with E-state index in [0.717, 1.165) is 143 Å². The molecule has 60 heavy (non-hydrogen) atoms. The first-order chi connectivity index (χ1) is 29.8. The van der Waals surface area contributed by atoms with Crippen LogP contribution in [-0.2, 0) is 0 Å². The van der Waals surface area contributed by atoms with Crippen molar-refractivity contribution in [2.24, 2.45) is 0 Å². The van der Waals surface area contributed by atoms with Gasteiger partial charge in [0, 0.05) is 54.2 Å². The number of fused-ring (bicyclic) bond motifs is 21. The summed E-state index contributed by atoms with van der Waals surface area (Å²) in [5, 5.41) is 12.9. The zero-order valence-corrected chi connectivity index (χ0v) is 31.7. The first-order valence-corrected chi connectivity index (χ1v) is 20.2. The molecule has 6 aromatic heterocycles. The molecular weight excluding hydrogens is 741 g/mol. The third-order valence-electron chi connectivity index (χ3n) is 12.9. The third kappa shape index (κ3) is 3.75. The van der Waals surface area contributed by atoms with Crippen LogP contribution < -0.4 is 0 Å². The average Bonchev–Trinajstić information content (AvgIpc) is 4.14. The summed E-state index contributed by atoms with van der Waals surface area (Å²) in [7, 11) is 0. The summed E-state index contributed by atoms with van der Waals surface area (Å²) in [6, 6.07) is 59.7. The second-order valence-corrected chi connectivity index (χ2v) is 15.9. The molecule has 0 bridgehead atoms. The summed E-state index contributed by atoms with van der Waals surface area (Å²) in [5.74, 6) is 0. The van der Waals surface area contributed by atoms with E-state index in [1.165, 1.54) is 0 Å². The summed E-state index contributed by atoms with van der Waals surface area (Å²) >= 11 is 0. The number of para-hydroxylation sites is 5. The normalized spacial score (nSPS) is 12.7. The van der Waals surface area contributed by atoms with Gasteiger partial charge in [-0.1, -0.05) is 91.0 Å². The molecule has 0 saturated heterocycles. The zero-order chi connectivity index (χ0) is 38.8. The van der Waals surface area contributed by atoms with Gasteiger partial charge in [-0.25, -0.2) is 0 Å². The van der Waals surface area contributed by atoms with Gasteiger partial charge in [0.25, 0.3) is 0 Å². The molecule has 0 saturated carbocycles. The average molecular weight is 769 g/mol.